The third-order valence-corrected chi connectivity index (χ3v) is 7.18. The van der Waals surface area contributed by atoms with E-state index in [1.165, 1.54) is 10.6 Å². The van der Waals surface area contributed by atoms with Crippen molar-refractivity contribution in [3.63, 3.8) is 0 Å². The fourth-order valence-electron chi connectivity index (χ4n) is 3.61. The van der Waals surface area contributed by atoms with Gasteiger partial charge in [0.15, 0.2) is 5.78 Å². The Morgan fingerprint density at radius 2 is 1.76 bits per heavy atom. The summed E-state index contributed by atoms with van der Waals surface area (Å²) in [6, 6.07) is 6.96. The van der Waals surface area contributed by atoms with Gasteiger partial charge in [0.1, 0.15) is 11.2 Å². The molecule has 1 heterocycles. The van der Waals surface area contributed by atoms with Crippen LogP contribution in [0, 0.1) is 5.41 Å². The molecule has 1 saturated carbocycles. The second kappa shape index (κ2) is 11.3. The van der Waals surface area contributed by atoms with Crippen LogP contribution in [0.3, 0.4) is 0 Å². The largest absolute Gasteiger partial charge is 0.335 e. The summed E-state index contributed by atoms with van der Waals surface area (Å²) < 4.78 is 2.94. The molecule has 2 aromatic rings. The van der Waals surface area contributed by atoms with Gasteiger partial charge < -0.3 is 5.32 Å². The molecule has 0 saturated heterocycles. The van der Waals surface area contributed by atoms with Crippen molar-refractivity contribution in [2.24, 2.45) is 5.41 Å². The van der Waals surface area contributed by atoms with Crippen LogP contribution >= 0.6 is 27.3 Å². The highest BCUT2D eigenvalue weighted by Gasteiger charge is 2.21. The number of rotatable bonds is 5. The van der Waals surface area contributed by atoms with Gasteiger partial charge >= 0.3 is 6.03 Å². The number of ketones is 1. The average Bonchev–Trinajstić information content (AvgIpc) is 3.04. The van der Waals surface area contributed by atoms with Crippen molar-refractivity contribution < 1.29 is 14.4 Å². The Bertz CT molecular complexity index is 1230. The van der Waals surface area contributed by atoms with E-state index in [1.54, 1.807) is 26.8 Å². The minimum absolute atomic E-state index is 0.0610. The zero-order valence-electron chi connectivity index (χ0n) is 19.7. The van der Waals surface area contributed by atoms with Gasteiger partial charge in [0.25, 0.3) is 5.56 Å². The Hall–Kier alpha value is -2.52. The second-order valence-electron chi connectivity index (χ2n) is 9.51. The SMILES string of the molecule is CC(C)(C)C(=O)C=c1sc(=Cc2ccc(Br)cc2)c(=O)n1CC(=O)NC(=O)NC1CCCCC1. The van der Waals surface area contributed by atoms with Crippen LogP contribution in [0.5, 0.6) is 0 Å². The molecule has 2 N–H and O–H groups in total. The summed E-state index contributed by atoms with van der Waals surface area (Å²) in [6.45, 7) is 5.02. The molecule has 34 heavy (non-hydrogen) atoms. The Morgan fingerprint density at radius 1 is 1.12 bits per heavy atom. The molecule has 1 aromatic carbocycles. The average molecular weight is 549 g/mol. The summed E-state index contributed by atoms with van der Waals surface area (Å²) in [5.74, 6) is -0.769. The van der Waals surface area contributed by atoms with Crippen LogP contribution < -0.4 is 25.4 Å². The molecule has 1 fully saturated rings. The van der Waals surface area contributed by atoms with E-state index in [1.807, 2.05) is 24.3 Å². The maximum atomic E-state index is 13.2. The van der Waals surface area contributed by atoms with Crippen molar-refractivity contribution in [2.75, 3.05) is 0 Å². The molecule has 0 aliphatic heterocycles. The summed E-state index contributed by atoms with van der Waals surface area (Å²) in [5.41, 5.74) is -0.204. The van der Waals surface area contributed by atoms with Crippen molar-refractivity contribution in [3.05, 3.63) is 53.9 Å². The number of halogens is 1. The molecule has 9 heteroatoms. The monoisotopic (exact) mass is 547 g/mol. The minimum Gasteiger partial charge on any atom is -0.335 e. The van der Waals surface area contributed by atoms with Crippen LogP contribution in [0.15, 0.2) is 33.5 Å². The Balaban J connectivity index is 1.88. The van der Waals surface area contributed by atoms with Gasteiger partial charge in [-0.1, -0.05) is 68.1 Å². The summed E-state index contributed by atoms with van der Waals surface area (Å²) in [5, 5.41) is 5.15. The Morgan fingerprint density at radius 3 is 2.38 bits per heavy atom. The van der Waals surface area contributed by atoms with Gasteiger partial charge in [0.05, 0.1) is 4.53 Å². The first kappa shape index (κ1) is 26.1. The van der Waals surface area contributed by atoms with Crippen molar-refractivity contribution in [1.29, 1.82) is 0 Å². The fourth-order valence-corrected chi connectivity index (χ4v) is 4.92. The molecule has 3 rings (SSSR count). The van der Waals surface area contributed by atoms with Gasteiger partial charge in [0.2, 0.25) is 5.91 Å². The predicted octanol–water partition coefficient (Wildman–Crippen LogP) is 3.06. The molecule has 0 radical (unpaired) electrons. The molecular formula is C25H30BrN3O4S. The van der Waals surface area contributed by atoms with Gasteiger partial charge in [0, 0.05) is 22.0 Å². The first-order valence-corrected chi connectivity index (χ1v) is 13.0. The zero-order valence-corrected chi connectivity index (χ0v) is 22.1. The van der Waals surface area contributed by atoms with Crippen LogP contribution in [0.25, 0.3) is 12.2 Å². The maximum absolute atomic E-state index is 13.2. The lowest BCUT2D eigenvalue weighted by atomic mass is 9.91. The smallest absolute Gasteiger partial charge is 0.321 e. The van der Waals surface area contributed by atoms with Gasteiger partial charge in [-0.2, -0.15) is 0 Å². The lowest BCUT2D eigenvalue weighted by Crippen LogP contribution is -2.47. The van der Waals surface area contributed by atoms with Gasteiger partial charge in [-0.05, 0) is 36.6 Å². The molecule has 1 aromatic heterocycles. The molecule has 1 aliphatic rings. The number of aromatic nitrogens is 1. The molecule has 182 valence electrons. The maximum Gasteiger partial charge on any atom is 0.321 e. The summed E-state index contributed by atoms with van der Waals surface area (Å²) >= 11 is 4.53. The molecule has 0 atom stereocenters. The van der Waals surface area contributed by atoms with Gasteiger partial charge in [-0.25, -0.2) is 4.79 Å². The number of nitrogens with one attached hydrogen (secondary N) is 2. The number of imide groups is 1. The topological polar surface area (TPSA) is 97.3 Å². The van der Waals surface area contributed by atoms with Crippen LogP contribution in [0.1, 0.15) is 58.4 Å². The van der Waals surface area contributed by atoms with Crippen molar-refractivity contribution in [1.82, 2.24) is 15.2 Å². The number of hydrogen-bond donors (Lipinski definition) is 2. The van der Waals surface area contributed by atoms with E-state index in [4.69, 9.17) is 0 Å². The highest BCUT2D eigenvalue weighted by atomic mass is 79.9. The summed E-state index contributed by atoms with van der Waals surface area (Å²) in [7, 11) is 0. The lowest BCUT2D eigenvalue weighted by molar-refractivity contribution is -0.121. The Kier molecular flexibility index (Phi) is 8.65. The molecule has 0 spiro atoms. The molecule has 7 nitrogen and oxygen atoms in total. The van der Waals surface area contributed by atoms with Crippen LogP contribution in [-0.2, 0) is 16.1 Å². The quantitative estimate of drug-likeness (QED) is 0.601. The summed E-state index contributed by atoms with van der Waals surface area (Å²) in [4.78, 5) is 50.7. The number of carbonyl (C=O) groups is 3. The van der Waals surface area contributed by atoms with E-state index in [0.717, 1.165) is 53.5 Å². The third-order valence-electron chi connectivity index (χ3n) is 5.59. The van der Waals surface area contributed by atoms with E-state index in [2.05, 4.69) is 26.6 Å². The normalized spacial score (nSPS) is 15.9. The highest BCUT2D eigenvalue weighted by molar-refractivity contribution is 9.10. The number of hydrogen-bond acceptors (Lipinski definition) is 5. The minimum atomic E-state index is -0.636. The predicted molar refractivity (Wildman–Crippen MR) is 138 cm³/mol. The fraction of sp³-hybridized carbons (Fsp3) is 0.440. The number of benzene rings is 1. The van der Waals surface area contributed by atoms with Gasteiger partial charge in [-0.3, -0.25) is 24.3 Å². The summed E-state index contributed by atoms with van der Waals surface area (Å²) in [6.07, 6.45) is 8.20. The zero-order chi connectivity index (χ0) is 24.9. The van der Waals surface area contributed by atoms with E-state index in [-0.39, 0.29) is 23.9 Å². The van der Waals surface area contributed by atoms with E-state index in [9.17, 15) is 19.2 Å². The van der Waals surface area contributed by atoms with E-state index in [0.29, 0.717) is 9.20 Å². The van der Waals surface area contributed by atoms with Crippen LogP contribution in [0.2, 0.25) is 0 Å². The first-order chi connectivity index (χ1) is 16.0. The van der Waals surface area contributed by atoms with Crippen molar-refractivity contribution in [2.45, 2.75) is 65.5 Å². The Labute approximate surface area is 211 Å². The van der Waals surface area contributed by atoms with Crippen LogP contribution in [-0.4, -0.2) is 28.3 Å². The third kappa shape index (κ3) is 7.24. The number of urea groups is 1. The molecule has 3 amide bonds. The van der Waals surface area contributed by atoms with Crippen molar-refractivity contribution in [3.8, 4) is 0 Å². The number of Topliss-reactive ketones (excluding diaryl/α,β-unsaturated/α-hetero) is 1. The van der Waals surface area contributed by atoms with E-state index < -0.39 is 17.4 Å². The molecule has 1 aliphatic carbocycles. The number of amides is 3. The van der Waals surface area contributed by atoms with E-state index >= 15 is 0 Å². The highest BCUT2D eigenvalue weighted by Crippen LogP contribution is 2.17. The number of thiazole rings is 1. The first-order valence-electron chi connectivity index (χ1n) is 11.4. The molecule has 0 bridgehead atoms. The number of nitrogens with zero attached hydrogens (tertiary/aromatic N) is 1. The molecule has 0 unspecified atom stereocenters. The van der Waals surface area contributed by atoms with Crippen LogP contribution in [0.4, 0.5) is 4.79 Å². The van der Waals surface area contributed by atoms with Crippen molar-refractivity contribution >= 4 is 57.1 Å². The molecular weight excluding hydrogens is 518 g/mol. The number of carbonyl (C=O) groups excluding carboxylic acids is 3. The second-order valence-corrected chi connectivity index (χ2v) is 11.5. The van der Waals surface area contributed by atoms with Gasteiger partial charge in [-0.15, -0.1) is 11.3 Å². The standard InChI is InChI=1S/C25H30BrN3O4S/c1-25(2,3)20(30)14-22-29(15-21(31)28-24(33)27-18-7-5-4-6-8-18)23(32)19(34-22)13-16-9-11-17(26)12-10-16/h9-14,18H,4-8,15H2,1-3H3,(H2,27,28,31,33). The lowest BCUT2D eigenvalue weighted by Gasteiger charge is -2.22.